The van der Waals surface area contributed by atoms with Gasteiger partial charge in [-0.15, -0.1) is 0 Å². The molecule has 0 aliphatic carbocycles. The molecule has 6 unspecified atom stereocenters. The van der Waals surface area contributed by atoms with E-state index in [1.54, 1.807) is 0 Å². The molecule has 2 heterocycles. The first kappa shape index (κ1) is 39.6. The fraction of sp³-hybridized carbons (Fsp3) is 0.852. The molecule has 2 fully saturated rings. The third-order valence-corrected chi connectivity index (χ3v) is 7.17. The molecule has 0 aromatic carbocycles. The predicted octanol–water partition coefficient (Wildman–Crippen LogP) is -4.76. The zero-order valence-corrected chi connectivity index (χ0v) is 26.1. The first-order valence-corrected chi connectivity index (χ1v) is 15.3. The highest BCUT2D eigenvalue weighted by molar-refractivity contribution is 5.77. The maximum absolute atomic E-state index is 12.1. The molecule has 9 atom stereocenters. The molecule has 0 saturated carbocycles. The summed E-state index contributed by atoms with van der Waals surface area (Å²) in [7, 11) is 0. The Morgan fingerprint density at radius 1 is 0.717 bits per heavy atom. The van der Waals surface area contributed by atoms with E-state index in [4.69, 9.17) is 19.1 Å². The lowest BCUT2D eigenvalue weighted by molar-refractivity contribution is -0.450. The van der Waals surface area contributed by atoms with Gasteiger partial charge in [-0.2, -0.15) is 0 Å². The summed E-state index contributed by atoms with van der Waals surface area (Å²) in [4.78, 5) is 57.9. The van der Waals surface area contributed by atoms with E-state index in [0.29, 0.717) is 25.7 Å². The number of hydrogen-bond acceptors (Lipinski definition) is 15. The number of nitrogens with one attached hydrogen (secondary N) is 4. The molecule has 266 valence electrons. The van der Waals surface area contributed by atoms with Crippen LogP contribution in [-0.2, 0) is 38.3 Å². The SMILES string of the molecule is CC(=O)NC1C(O)[C@@H](O)C(CO)O[C@H]1OCCCCC(=O)NCCNC(=O)CCCCON1OC(CO)[C@H](O)C(O)C1NC(C)=O. The van der Waals surface area contributed by atoms with Gasteiger partial charge in [0.25, 0.3) is 0 Å². The average Bonchev–Trinajstić information content (AvgIpc) is 3.01. The molecule has 0 spiro atoms. The van der Waals surface area contributed by atoms with Gasteiger partial charge in [0.05, 0.1) is 19.8 Å². The standard InChI is InChI=1S/C27H49N5O14/c1-15(35)30-21-24(41)22(39)17(13-33)45-27(21)43-11-5-3-7-19(37)28-9-10-29-20(38)8-4-6-12-44-32-26(31-16(2)36)25(42)23(40)18(14-34)46-32/h17-18,21-27,33-34,39-42H,3-14H2,1-2H3,(H,28,37)(H,29,38)(H,30,35)(H,31,36)/t17?,18?,21?,22-,23-,24?,25?,26?,27+/m0/s1. The van der Waals surface area contributed by atoms with E-state index >= 15 is 0 Å². The number of carbonyl (C=O) groups is 4. The molecule has 2 aliphatic rings. The Balaban J connectivity index is 1.55. The quantitative estimate of drug-likeness (QED) is 0.0579. The minimum Gasteiger partial charge on any atom is -0.394 e. The molecule has 0 aromatic rings. The predicted molar refractivity (Wildman–Crippen MR) is 154 cm³/mol. The molecule has 0 aromatic heterocycles. The molecule has 4 amide bonds. The summed E-state index contributed by atoms with van der Waals surface area (Å²) < 4.78 is 11.1. The fourth-order valence-electron chi connectivity index (χ4n) is 4.71. The van der Waals surface area contributed by atoms with Gasteiger partial charge in [0.1, 0.15) is 42.7 Å². The molecule has 19 heteroatoms. The lowest BCUT2D eigenvalue weighted by Crippen LogP contribution is -2.66. The second kappa shape index (κ2) is 20.6. The number of aliphatic hydroxyl groups is 6. The van der Waals surface area contributed by atoms with Crippen LogP contribution < -0.4 is 21.3 Å². The summed E-state index contributed by atoms with van der Waals surface area (Å²) in [5, 5.41) is 70.4. The lowest BCUT2D eigenvalue weighted by Gasteiger charge is -2.42. The molecule has 0 radical (unpaired) electrons. The van der Waals surface area contributed by atoms with Gasteiger partial charge >= 0.3 is 0 Å². The van der Waals surface area contributed by atoms with Gasteiger partial charge in [0.15, 0.2) is 12.5 Å². The highest BCUT2D eigenvalue weighted by Gasteiger charge is 2.46. The van der Waals surface area contributed by atoms with Crippen molar-refractivity contribution < 1.29 is 69.0 Å². The maximum Gasteiger partial charge on any atom is 0.220 e. The Hall–Kier alpha value is -2.56. The second-order valence-electron chi connectivity index (χ2n) is 11.0. The normalized spacial score (nSPS) is 30.0. The van der Waals surface area contributed by atoms with Crippen LogP contribution in [0.4, 0.5) is 0 Å². The van der Waals surface area contributed by atoms with Crippen molar-refractivity contribution >= 4 is 23.6 Å². The Bertz CT molecular complexity index is 890. The third-order valence-electron chi connectivity index (χ3n) is 7.17. The molecular weight excluding hydrogens is 618 g/mol. The van der Waals surface area contributed by atoms with Gasteiger partial charge < -0.3 is 61.4 Å². The summed E-state index contributed by atoms with van der Waals surface area (Å²) >= 11 is 0. The second-order valence-corrected chi connectivity index (χ2v) is 11.0. The third kappa shape index (κ3) is 12.9. The smallest absolute Gasteiger partial charge is 0.220 e. The summed E-state index contributed by atoms with van der Waals surface area (Å²) in [6.07, 6.45) is -8.14. The largest absolute Gasteiger partial charge is 0.394 e. The van der Waals surface area contributed by atoms with E-state index in [0.717, 1.165) is 5.23 Å². The maximum atomic E-state index is 12.1. The summed E-state index contributed by atoms with van der Waals surface area (Å²) in [6, 6.07) is -1.04. The van der Waals surface area contributed by atoms with Crippen molar-refractivity contribution in [2.45, 2.75) is 107 Å². The van der Waals surface area contributed by atoms with Crippen molar-refractivity contribution in [1.82, 2.24) is 26.5 Å². The summed E-state index contributed by atoms with van der Waals surface area (Å²) in [6.45, 7) is 1.94. The van der Waals surface area contributed by atoms with Crippen molar-refractivity contribution in [2.75, 3.05) is 39.5 Å². The van der Waals surface area contributed by atoms with Crippen molar-refractivity contribution in [2.24, 2.45) is 0 Å². The molecule has 46 heavy (non-hydrogen) atoms. The van der Waals surface area contributed by atoms with Crippen molar-refractivity contribution in [3.8, 4) is 0 Å². The van der Waals surface area contributed by atoms with Crippen LogP contribution in [0.15, 0.2) is 0 Å². The number of carbonyl (C=O) groups excluding carboxylic acids is 4. The van der Waals surface area contributed by atoms with E-state index in [-0.39, 0.29) is 51.0 Å². The van der Waals surface area contributed by atoms with Gasteiger partial charge in [-0.05, 0) is 30.9 Å². The number of nitrogens with zero attached hydrogens (tertiary/aromatic N) is 1. The number of hydroxylamine groups is 2. The highest BCUT2D eigenvalue weighted by Crippen LogP contribution is 2.23. The Morgan fingerprint density at radius 2 is 1.26 bits per heavy atom. The van der Waals surface area contributed by atoms with Crippen LogP contribution >= 0.6 is 0 Å². The minimum atomic E-state index is -1.48. The lowest BCUT2D eigenvalue weighted by atomic mass is 9.97. The van der Waals surface area contributed by atoms with Crippen LogP contribution in [-0.4, -0.2) is 154 Å². The number of rotatable bonds is 19. The van der Waals surface area contributed by atoms with E-state index in [9.17, 15) is 49.8 Å². The molecule has 0 bridgehead atoms. The summed E-state index contributed by atoms with van der Waals surface area (Å²) in [5.74, 6) is -1.42. The first-order chi connectivity index (χ1) is 21.9. The van der Waals surface area contributed by atoms with Gasteiger partial charge in [0, 0.05) is 46.4 Å². The fourth-order valence-corrected chi connectivity index (χ4v) is 4.71. The Kier molecular flexibility index (Phi) is 17.8. The Morgan fingerprint density at radius 3 is 1.80 bits per heavy atom. The molecule has 19 nitrogen and oxygen atoms in total. The van der Waals surface area contributed by atoms with Gasteiger partial charge in [0.2, 0.25) is 23.6 Å². The zero-order valence-electron chi connectivity index (χ0n) is 26.1. The molecule has 2 aliphatic heterocycles. The van der Waals surface area contributed by atoms with Crippen LogP contribution in [0, 0.1) is 0 Å². The van der Waals surface area contributed by atoms with Crippen LogP contribution in [0.2, 0.25) is 0 Å². The van der Waals surface area contributed by atoms with Gasteiger partial charge in [-0.1, -0.05) is 0 Å². The highest BCUT2D eigenvalue weighted by atomic mass is 17.0. The van der Waals surface area contributed by atoms with Gasteiger partial charge in [-0.3, -0.25) is 28.9 Å². The Labute approximate surface area is 266 Å². The monoisotopic (exact) mass is 667 g/mol. The number of hydrogen-bond donors (Lipinski definition) is 10. The van der Waals surface area contributed by atoms with Crippen LogP contribution in [0.25, 0.3) is 0 Å². The van der Waals surface area contributed by atoms with E-state index in [1.165, 1.54) is 13.8 Å². The van der Waals surface area contributed by atoms with Crippen molar-refractivity contribution in [3.05, 3.63) is 0 Å². The number of unbranched alkanes of at least 4 members (excludes halogenated alkanes) is 2. The topological polar surface area (TPSA) is 278 Å². The average molecular weight is 668 g/mol. The van der Waals surface area contributed by atoms with E-state index in [1.807, 2.05) is 0 Å². The number of amides is 4. The van der Waals surface area contributed by atoms with Crippen molar-refractivity contribution in [1.29, 1.82) is 0 Å². The molecular formula is C27H49N5O14. The van der Waals surface area contributed by atoms with Crippen LogP contribution in [0.1, 0.15) is 52.4 Å². The molecule has 2 saturated heterocycles. The zero-order chi connectivity index (χ0) is 34.2. The van der Waals surface area contributed by atoms with Crippen LogP contribution in [0.5, 0.6) is 0 Å². The van der Waals surface area contributed by atoms with Crippen LogP contribution in [0.3, 0.4) is 0 Å². The molecule has 10 N–H and O–H groups in total. The van der Waals surface area contributed by atoms with Crippen molar-refractivity contribution in [3.63, 3.8) is 0 Å². The van der Waals surface area contributed by atoms with Gasteiger partial charge in [-0.25, -0.2) is 0 Å². The number of ether oxygens (including phenoxy) is 2. The number of aliphatic hydroxyl groups excluding tert-OH is 6. The molecule has 2 rings (SSSR count). The van der Waals surface area contributed by atoms with E-state index < -0.39 is 80.1 Å². The first-order valence-electron chi connectivity index (χ1n) is 15.3. The minimum absolute atomic E-state index is 0.0588. The summed E-state index contributed by atoms with van der Waals surface area (Å²) in [5.41, 5.74) is 0. The van der Waals surface area contributed by atoms with E-state index in [2.05, 4.69) is 21.3 Å².